The van der Waals surface area contributed by atoms with Gasteiger partial charge in [0.25, 0.3) is 0 Å². The van der Waals surface area contributed by atoms with Crippen molar-refractivity contribution in [2.24, 2.45) is 5.73 Å². The first-order valence-corrected chi connectivity index (χ1v) is 5.23. The average Bonchev–Trinajstić information content (AvgIpc) is 2.71. The quantitative estimate of drug-likeness (QED) is 0.736. The van der Waals surface area contributed by atoms with Crippen molar-refractivity contribution in [1.82, 2.24) is 0 Å². The molecule has 3 N–H and O–H groups in total. The fourth-order valence-corrected chi connectivity index (χ4v) is 1.51. The summed E-state index contributed by atoms with van der Waals surface area (Å²) in [7, 11) is 0. The van der Waals surface area contributed by atoms with E-state index in [-0.39, 0.29) is 12.0 Å². The van der Waals surface area contributed by atoms with Gasteiger partial charge in [-0.25, -0.2) is 0 Å². The van der Waals surface area contributed by atoms with Crippen molar-refractivity contribution < 1.29 is 9.90 Å². The van der Waals surface area contributed by atoms with Gasteiger partial charge in [0.1, 0.15) is 0 Å². The Bertz CT molecular complexity index is 292. The van der Waals surface area contributed by atoms with E-state index in [1.807, 2.05) is 6.07 Å². The van der Waals surface area contributed by atoms with Crippen LogP contribution in [0.2, 0.25) is 0 Å². The van der Waals surface area contributed by atoms with Crippen LogP contribution in [-0.4, -0.2) is 17.1 Å². The summed E-state index contributed by atoms with van der Waals surface area (Å²) in [5, 5.41) is 8.73. The molecule has 0 radical (unpaired) electrons. The summed E-state index contributed by atoms with van der Waals surface area (Å²) in [4.78, 5) is 10.4. The Morgan fingerprint density at radius 1 is 1.20 bits per heavy atom. The van der Waals surface area contributed by atoms with Crippen LogP contribution in [0.5, 0.6) is 0 Å². The van der Waals surface area contributed by atoms with E-state index in [1.165, 1.54) is 12.8 Å². The molecule has 82 valence electrons. The van der Waals surface area contributed by atoms with Gasteiger partial charge in [0, 0.05) is 5.56 Å². The third-order valence-corrected chi connectivity index (χ3v) is 2.38. The Morgan fingerprint density at radius 3 is 2.00 bits per heavy atom. The van der Waals surface area contributed by atoms with Crippen LogP contribution in [0.25, 0.3) is 0 Å². The number of aliphatic hydroxyl groups is 1. The molecular weight excluding hydrogens is 190 g/mol. The molecule has 0 saturated heterocycles. The minimum atomic E-state index is -0.379. The molecule has 3 heteroatoms. The number of carbonyl (C=O) groups excluding carboxylic acids is 1. The van der Waals surface area contributed by atoms with Crippen LogP contribution in [0, 0.1) is 0 Å². The lowest BCUT2D eigenvalue weighted by molar-refractivity contribution is 0.100. The lowest BCUT2D eigenvalue weighted by Crippen LogP contribution is -2.09. The third kappa shape index (κ3) is 4.61. The highest BCUT2D eigenvalue weighted by molar-refractivity contribution is 5.92. The highest BCUT2D eigenvalue weighted by atomic mass is 16.3. The largest absolute Gasteiger partial charge is 0.393 e. The zero-order chi connectivity index (χ0) is 11.1. The van der Waals surface area contributed by atoms with Gasteiger partial charge < -0.3 is 10.8 Å². The number of nitrogens with two attached hydrogens (primary N) is 1. The van der Waals surface area contributed by atoms with Crippen molar-refractivity contribution in [2.75, 3.05) is 0 Å². The molecule has 15 heavy (non-hydrogen) atoms. The molecule has 1 aromatic rings. The molecule has 1 saturated carbocycles. The Labute approximate surface area is 89.9 Å². The summed E-state index contributed by atoms with van der Waals surface area (Å²) in [5.74, 6) is -0.379. The van der Waals surface area contributed by atoms with Crippen LogP contribution in [-0.2, 0) is 0 Å². The summed E-state index contributed by atoms with van der Waals surface area (Å²) in [6.07, 6.45) is 4.60. The first kappa shape index (κ1) is 11.7. The van der Waals surface area contributed by atoms with Crippen LogP contribution in [0.4, 0.5) is 0 Å². The molecule has 0 spiro atoms. The van der Waals surface area contributed by atoms with Crippen molar-refractivity contribution in [2.45, 2.75) is 31.8 Å². The zero-order valence-corrected chi connectivity index (χ0v) is 8.73. The van der Waals surface area contributed by atoms with Gasteiger partial charge in [-0.2, -0.15) is 0 Å². The molecule has 1 fully saturated rings. The molecule has 1 aromatic carbocycles. The Morgan fingerprint density at radius 2 is 1.73 bits per heavy atom. The molecule has 0 aromatic heterocycles. The predicted molar refractivity (Wildman–Crippen MR) is 59.4 cm³/mol. The average molecular weight is 207 g/mol. The highest BCUT2D eigenvalue weighted by Gasteiger charge is 2.09. The minimum absolute atomic E-state index is 0.0463. The summed E-state index contributed by atoms with van der Waals surface area (Å²) in [5.41, 5.74) is 5.53. The lowest BCUT2D eigenvalue weighted by atomic mass is 10.2. The number of carbonyl (C=O) groups is 1. The van der Waals surface area contributed by atoms with Crippen LogP contribution >= 0.6 is 0 Å². The number of hydrogen-bond acceptors (Lipinski definition) is 2. The maximum atomic E-state index is 10.4. The second-order valence-electron chi connectivity index (χ2n) is 3.67. The van der Waals surface area contributed by atoms with E-state index < -0.39 is 0 Å². The van der Waals surface area contributed by atoms with E-state index in [4.69, 9.17) is 10.8 Å². The lowest BCUT2D eigenvalue weighted by Gasteiger charge is -1.91. The second kappa shape index (κ2) is 6.19. The maximum absolute atomic E-state index is 10.4. The van der Waals surface area contributed by atoms with E-state index in [0.29, 0.717) is 5.56 Å². The van der Waals surface area contributed by atoms with Crippen LogP contribution < -0.4 is 5.73 Å². The van der Waals surface area contributed by atoms with Crippen molar-refractivity contribution >= 4 is 5.91 Å². The molecule has 2 rings (SSSR count). The van der Waals surface area contributed by atoms with Gasteiger partial charge in [-0.15, -0.1) is 0 Å². The molecule has 0 unspecified atom stereocenters. The smallest absolute Gasteiger partial charge is 0.248 e. The number of rotatable bonds is 1. The van der Waals surface area contributed by atoms with Gasteiger partial charge in [-0.1, -0.05) is 31.0 Å². The standard InChI is InChI=1S/C7H7NO.C5H10O/c8-7(9)6-4-2-1-3-5-6;6-5-3-1-2-4-5/h1-5H,(H2,8,9);5-6H,1-4H2. The predicted octanol–water partition coefficient (Wildman–Crippen LogP) is 1.71. The number of aliphatic hydroxyl groups excluding tert-OH is 1. The maximum Gasteiger partial charge on any atom is 0.248 e. The van der Waals surface area contributed by atoms with Gasteiger partial charge in [0.05, 0.1) is 6.10 Å². The number of benzene rings is 1. The van der Waals surface area contributed by atoms with Crippen molar-refractivity contribution in [3.63, 3.8) is 0 Å². The summed E-state index contributed by atoms with van der Waals surface area (Å²) >= 11 is 0. The van der Waals surface area contributed by atoms with Crippen molar-refractivity contribution in [3.05, 3.63) is 35.9 Å². The minimum Gasteiger partial charge on any atom is -0.393 e. The first-order chi connectivity index (χ1) is 7.20. The van der Waals surface area contributed by atoms with E-state index in [0.717, 1.165) is 12.8 Å². The molecule has 0 heterocycles. The third-order valence-electron chi connectivity index (χ3n) is 2.38. The Balaban J connectivity index is 0.000000162. The van der Waals surface area contributed by atoms with Gasteiger partial charge in [-0.05, 0) is 25.0 Å². The summed E-state index contributed by atoms with van der Waals surface area (Å²) in [6, 6.07) is 8.76. The van der Waals surface area contributed by atoms with E-state index in [9.17, 15) is 4.79 Å². The molecule has 0 atom stereocenters. The molecule has 1 aliphatic carbocycles. The van der Waals surface area contributed by atoms with Gasteiger partial charge in [-0.3, -0.25) is 4.79 Å². The summed E-state index contributed by atoms with van der Waals surface area (Å²) in [6.45, 7) is 0. The monoisotopic (exact) mass is 207 g/mol. The Kier molecular flexibility index (Phi) is 4.84. The van der Waals surface area contributed by atoms with Gasteiger partial charge >= 0.3 is 0 Å². The molecule has 0 aliphatic heterocycles. The van der Waals surface area contributed by atoms with Crippen molar-refractivity contribution in [1.29, 1.82) is 0 Å². The number of primary amides is 1. The topological polar surface area (TPSA) is 63.3 Å². The fourth-order valence-electron chi connectivity index (χ4n) is 1.51. The van der Waals surface area contributed by atoms with Gasteiger partial charge in [0.15, 0.2) is 0 Å². The summed E-state index contributed by atoms with van der Waals surface area (Å²) < 4.78 is 0. The molecule has 3 nitrogen and oxygen atoms in total. The molecular formula is C12H17NO2. The van der Waals surface area contributed by atoms with Crippen LogP contribution in [0.1, 0.15) is 36.0 Å². The molecule has 1 aliphatic rings. The first-order valence-electron chi connectivity index (χ1n) is 5.23. The number of amides is 1. The molecule has 0 bridgehead atoms. The van der Waals surface area contributed by atoms with Gasteiger partial charge in [0.2, 0.25) is 5.91 Å². The van der Waals surface area contributed by atoms with Crippen molar-refractivity contribution in [3.8, 4) is 0 Å². The Hall–Kier alpha value is -1.35. The second-order valence-corrected chi connectivity index (χ2v) is 3.67. The highest BCUT2D eigenvalue weighted by Crippen LogP contribution is 2.16. The SMILES string of the molecule is NC(=O)c1ccccc1.OC1CCCC1. The van der Waals surface area contributed by atoms with Crippen LogP contribution in [0.15, 0.2) is 30.3 Å². The molecule has 1 amide bonds. The normalized spacial score (nSPS) is 15.5. The van der Waals surface area contributed by atoms with E-state index in [2.05, 4.69) is 0 Å². The van der Waals surface area contributed by atoms with Crippen LogP contribution in [0.3, 0.4) is 0 Å². The zero-order valence-electron chi connectivity index (χ0n) is 8.73. The number of hydrogen-bond donors (Lipinski definition) is 2. The van der Waals surface area contributed by atoms with E-state index in [1.54, 1.807) is 24.3 Å². The fraction of sp³-hybridized carbons (Fsp3) is 0.417. The van der Waals surface area contributed by atoms with E-state index >= 15 is 0 Å².